The highest BCUT2D eigenvalue weighted by Gasteiger charge is 2.05. The monoisotopic (exact) mass is 180 g/mol. The molecule has 0 amide bonds. The molecule has 1 rings (SSSR count). The standard InChI is InChI=1S/C10H16N2O/c1-4-8(2)7-9(13)10-11-5-6-12(10)3/h5-8,13H,4H2,1-3H3/b9-7+/t8-/m1/s1. The summed E-state index contributed by atoms with van der Waals surface area (Å²) in [6.07, 6.45) is 6.35. The molecule has 0 saturated carbocycles. The van der Waals surface area contributed by atoms with Crippen molar-refractivity contribution in [3.05, 3.63) is 24.3 Å². The Bertz CT molecular complexity index is 302. The molecule has 0 aliphatic heterocycles. The molecule has 1 heterocycles. The van der Waals surface area contributed by atoms with Crippen LogP contribution in [0.15, 0.2) is 18.5 Å². The van der Waals surface area contributed by atoms with Crippen LogP contribution in [0.3, 0.4) is 0 Å². The molecule has 1 aromatic rings. The van der Waals surface area contributed by atoms with Gasteiger partial charge in [0, 0.05) is 19.4 Å². The van der Waals surface area contributed by atoms with E-state index in [9.17, 15) is 5.11 Å². The van der Waals surface area contributed by atoms with E-state index in [2.05, 4.69) is 18.8 Å². The summed E-state index contributed by atoms with van der Waals surface area (Å²) in [6.45, 7) is 4.16. The fourth-order valence-corrected chi connectivity index (χ4v) is 1.07. The summed E-state index contributed by atoms with van der Waals surface area (Å²) in [5.41, 5.74) is 0. The zero-order chi connectivity index (χ0) is 9.84. The lowest BCUT2D eigenvalue weighted by Crippen LogP contribution is -1.98. The van der Waals surface area contributed by atoms with Crippen LogP contribution in [0.4, 0.5) is 0 Å². The molecule has 0 aromatic carbocycles. The number of hydrogen-bond donors (Lipinski definition) is 1. The summed E-state index contributed by atoms with van der Waals surface area (Å²) >= 11 is 0. The third-order valence-electron chi connectivity index (χ3n) is 2.14. The van der Waals surface area contributed by atoms with Gasteiger partial charge in [-0.3, -0.25) is 0 Å². The van der Waals surface area contributed by atoms with Crippen LogP contribution in [0.1, 0.15) is 26.1 Å². The van der Waals surface area contributed by atoms with Crippen LogP contribution in [-0.2, 0) is 7.05 Å². The first kappa shape index (κ1) is 9.84. The van der Waals surface area contributed by atoms with Crippen molar-refractivity contribution in [2.24, 2.45) is 13.0 Å². The molecule has 1 aromatic heterocycles. The van der Waals surface area contributed by atoms with E-state index in [-0.39, 0.29) is 5.76 Å². The van der Waals surface area contributed by atoms with Crippen molar-refractivity contribution < 1.29 is 5.11 Å². The summed E-state index contributed by atoms with van der Waals surface area (Å²) in [6, 6.07) is 0. The van der Waals surface area contributed by atoms with Gasteiger partial charge in [-0.1, -0.05) is 13.8 Å². The van der Waals surface area contributed by atoms with Crippen molar-refractivity contribution in [2.75, 3.05) is 0 Å². The van der Waals surface area contributed by atoms with Crippen LogP contribution in [0, 0.1) is 5.92 Å². The second kappa shape index (κ2) is 4.12. The van der Waals surface area contributed by atoms with Crippen molar-refractivity contribution >= 4 is 5.76 Å². The van der Waals surface area contributed by atoms with E-state index in [1.807, 2.05) is 19.3 Å². The Morgan fingerprint density at radius 2 is 2.46 bits per heavy atom. The molecular weight excluding hydrogens is 164 g/mol. The summed E-state index contributed by atoms with van der Waals surface area (Å²) in [4.78, 5) is 4.05. The van der Waals surface area contributed by atoms with Gasteiger partial charge in [-0.25, -0.2) is 4.98 Å². The number of imidazole rings is 1. The second-order valence-corrected chi connectivity index (χ2v) is 3.30. The van der Waals surface area contributed by atoms with Gasteiger partial charge in [-0.2, -0.15) is 0 Å². The highest BCUT2D eigenvalue weighted by molar-refractivity contribution is 5.51. The lowest BCUT2D eigenvalue weighted by atomic mass is 10.1. The molecule has 1 N–H and O–H groups in total. The van der Waals surface area contributed by atoms with Crippen molar-refractivity contribution in [3.63, 3.8) is 0 Å². The van der Waals surface area contributed by atoms with Gasteiger partial charge in [-0.15, -0.1) is 0 Å². The number of aromatic nitrogens is 2. The predicted molar refractivity (Wildman–Crippen MR) is 53.3 cm³/mol. The Kier molecular flexibility index (Phi) is 3.12. The SMILES string of the molecule is CC[C@@H](C)/C=C(/O)c1nccn1C. The average molecular weight is 180 g/mol. The summed E-state index contributed by atoms with van der Waals surface area (Å²) in [5.74, 6) is 1.28. The molecule has 0 aliphatic rings. The molecular formula is C10H16N2O. The molecule has 0 bridgehead atoms. The van der Waals surface area contributed by atoms with Gasteiger partial charge in [0.25, 0.3) is 0 Å². The van der Waals surface area contributed by atoms with Crippen molar-refractivity contribution in [3.8, 4) is 0 Å². The number of aliphatic hydroxyl groups excluding tert-OH is 1. The van der Waals surface area contributed by atoms with E-state index in [1.54, 1.807) is 10.8 Å². The van der Waals surface area contributed by atoms with Gasteiger partial charge in [0.15, 0.2) is 11.6 Å². The first-order chi connectivity index (χ1) is 6.15. The predicted octanol–water partition coefficient (Wildman–Crippen LogP) is 2.37. The fraction of sp³-hybridized carbons (Fsp3) is 0.500. The first-order valence-corrected chi connectivity index (χ1v) is 4.53. The van der Waals surface area contributed by atoms with Crippen molar-refractivity contribution in [1.29, 1.82) is 0 Å². The number of nitrogens with zero attached hydrogens (tertiary/aromatic N) is 2. The average Bonchev–Trinajstić information content (AvgIpc) is 2.51. The summed E-state index contributed by atoms with van der Waals surface area (Å²) < 4.78 is 1.80. The lowest BCUT2D eigenvalue weighted by molar-refractivity contribution is 0.492. The number of hydrogen-bond acceptors (Lipinski definition) is 2. The lowest BCUT2D eigenvalue weighted by Gasteiger charge is -2.04. The maximum absolute atomic E-state index is 9.67. The van der Waals surface area contributed by atoms with Crippen molar-refractivity contribution in [2.45, 2.75) is 20.3 Å². The van der Waals surface area contributed by atoms with E-state index in [4.69, 9.17) is 0 Å². The number of aryl methyl sites for hydroxylation is 1. The number of rotatable bonds is 3. The fourth-order valence-electron chi connectivity index (χ4n) is 1.07. The molecule has 0 fully saturated rings. The topological polar surface area (TPSA) is 38.1 Å². The normalized spacial score (nSPS) is 14.5. The van der Waals surface area contributed by atoms with E-state index >= 15 is 0 Å². The third-order valence-corrected chi connectivity index (χ3v) is 2.14. The number of aliphatic hydroxyl groups is 1. The Hall–Kier alpha value is -1.25. The maximum atomic E-state index is 9.67. The minimum atomic E-state index is 0.266. The van der Waals surface area contributed by atoms with Crippen LogP contribution in [0.2, 0.25) is 0 Å². The van der Waals surface area contributed by atoms with Crippen LogP contribution < -0.4 is 0 Å². The largest absolute Gasteiger partial charge is 0.504 e. The molecule has 3 heteroatoms. The molecule has 1 atom stereocenters. The van der Waals surface area contributed by atoms with Crippen molar-refractivity contribution in [1.82, 2.24) is 9.55 Å². The minimum Gasteiger partial charge on any atom is -0.504 e. The zero-order valence-corrected chi connectivity index (χ0v) is 8.36. The first-order valence-electron chi connectivity index (χ1n) is 4.53. The van der Waals surface area contributed by atoms with Crippen LogP contribution in [0.25, 0.3) is 5.76 Å². The zero-order valence-electron chi connectivity index (χ0n) is 8.36. The number of allylic oxidation sites excluding steroid dienone is 1. The Morgan fingerprint density at radius 3 is 2.92 bits per heavy atom. The molecule has 0 unspecified atom stereocenters. The Balaban J connectivity index is 2.84. The Morgan fingerprint density at radius 1 is 1.77 bits per heavy atom. The quantitative estimate of drug-likeness (QED) is 0.725. The maximum Gasteiger partial charge on any atom is 0.174 e. The van der Waals surface area contributed by atoms with Crippen LogP contribution in [-0.4, -0.2) is 14.7 Å². The second-order valence-electron chi connectivity index (χ2n) is 3.30. The molecule has 72 valence electrons. The van der Waals surface area contributed by atoms with Gasteiger partial charge < -0.3 is 9.67 Å². The highest BCUT2D eigenvalue weighted by Crippen LogP contribution is 2.12. The van der Waals surface area contributed by atoms with Gasteiger partial charge in [0.1, 0.15) is 0 Å². The summed E-state index contributed by atoms with van der Waals surface area (Å²) in [5, 5.41) is 9.67. The van der Waals surface area contributed by atoms with E-state index in [1.165, 1.54) is 0 Å². The van der Waals surface area contributed by atoms with Gasteiger partial charge in [0.2, 0.25) is 0 Å². The van der Waals surface area contributed by atoms with Gasteiger partial charge in [-0.05, 0) is 18.4 Å². The molecule has 0 spiro atoms. The molecule has 0 radical (unpaired) electrons. The van der Waals surface area contributed by atoms with Crippen LogP contribution >= 0.6 is 0 Å². The molecule has 0 saturated heterocycles. The highest BCUT2D eigenvalue weighted by atomic mass is 16.3. The van der Waals surface area contributed by atoms with E-state index in [0.29, 0.717) is 11.7 Å². The molecule has 3 nitrogen and oxygen atoms in total. The third kappa shape index (κ3) is 2.34. The smallest absolute Gasteiger partial charge is 0.174 e. The minimum absolute atomic E-state index is 0.266. The van der Waals surface area contributed by atoms with E-state index in [0.717, 1.165) is 6.42 Å². The Labute approximate surface area is 78.7 Å². The summed E-state index contributed by atoms with van der Waals surface area (Å²) in [7, 11) is 1.86. The molecule has 0 aliphatic carbocycles. The van der Waals surface area contributed by atoms with Gasteiger partial charge in [0.05, 0.1) is 0 Å². The molecule has 13 heavy (non-hydrogen) atoms. The van der Waals surface area contributed by atoms with Crippen LogP contribution in [0.5, 0.6) is 0 Å². The van der Waals surface area contributed by atoms with Gasteiger partial charge >= 0.3 is 0 Å². The van der Waals surface area contributed by atoms with E-state index < -0.39 is 0 Å².